The van der Waals surface area contributed by atoms with Gasteiger partial charge in [0.05, 0.1) is 19.3 Å². The van der Waals surface area contributed by atoms with Crippen molar-refractivity contribution in [1.82, 2.24) is 10.6 Å². The van der Waals surface area contributed by atoms with Crippen LogP contribution < -0.4 is 10.6 Å². The second-order valence-electron chi connectivity index (χ2n) is 5.68. The Morgan fingerprint density at radius 3 is 2.67 bits per heavy atom. The van der Waals surface area contributed by atoms with E-state index in [0.29, 0.717) is 25.9 Å². The third kappa shape index (κ3) is 11.6. The lowest BCUT2D eigenvalue weighted by Crippen LogP contribution is -2.38. The molecule has 1 heterocycles. The molecule has 0 bridgehead atoms. The van der Waals surface area contributed by atoms with Crippen molar-refractivity contribution in [3.63, 3.8) is 0 Å². The Hall–Kier alpha value is -0.890. The van der Waals surface area contributed by atoms with Gasteiger partial charge in [0, 0.05) is 53.2 Å². The molecule has 2 N–H and O–H groups in total. The molecule has 0 aromatic heterocycles. The summed E-state index contributed by atoms with van der Waals surface area (Å²) in [6.45, 7) is 8.98. The van der Waals surface area contributed by atoms with Crippen LogP contribution in [0.2, 0.25) is 0 Å². The Morgan fingerprint density at radius 2 is 1.92 bits per heavy atom. The number of methoxy groups -OCH3 is 1. The largest absolute Gasteiger partial charge is 0.382 e. The Labute approximate surface area is 146 Å². The average molecular weight is 345 g/mol. The molecule has 1 saturated heterocycles. The summed E-state index contributed by atoms with van der Waals surface area (Å²) in [7, 11) is 1.68. The van der Waals surface area contributed by atoms with E-state index in [2.05, 4.69) is 22.5 Å². The van der Waals surface area contributed by atoms with E-state index < -0.39 is 0 Å². The summed E-state index contributed by atoms with van der Waals surface area (Å²) in [5.74, 6) is 0.862. The molecule has 0 aliphatic carbocycles. The van der Waals surface area contributed by atoms with Crippen molar-refractivity contribution in [2.75, 3.05) is 66.4 Å². The summed E-state index contributed by atoms with van der Waals surface area (Å²) in [4.78, 5) is 4.54. The van der Waals surface area contributed by atoms with Gasteiger partial charge in [-0.15, -0.1) is 0 Å². The van der Waals surface area contributed by atoms with Crippen LogP contribution in [0.15, 0.2) is 4.99 Å². The number of ether oxygens (including phenoxy) is 4. The minimum atomic E-state index is 0.374. The van der Waals surface area contributed by atoms with Gasteiger partial charge < -0.3 is 29.6 Å². The Bertz CT molecular complexity index is 310. The molecule has 0 radical (unpaired) electrons. The lowest BCUT2D eigenvalue weighted by Gasteiger charge is -2.22. The van der Waals surface area contributed by atoms with Gasteiger partial charge in [-0.2, -0.15) is 0 Å². The smallest absolute Gasteiger partial charge is 0.191 e. The van der Waals surface area contributed by atoms with Crippen LogP contribution in [0.1, 0.15) is 32.6 Å². The maximum absolute atomic E-state index is 5.86. The summed E-state index contributed by atoms with van der Waals surface area (Å²) in [5.41, 5.74) is 0. The van der Waals surface area contributed by atoms with Gasteiger partial charge in [0.25, 0.3) is 0 Å². The number of nitrogens with zero attached hydrogens (tertiary/aromatic N) is 1. The number of nitrogens with one attached hydrogen (secondary N) is 2. The first-order valence-electron chi connectivity index (χ1n) is 9.15. The molecule has 0 aromatic carbocycles. The number of hydrogen-bond acceptors (Lipinski definition) is 5. The van der Waals surface area contributed by atoms with Gasteiger partial charge in [-0.25, -0.2) is 0 Å². The van der Waals surface area contributed by atoms with Gasteiger partial charge in [0.1, 0.15) is 0 Å². The highest BCUT2D eigenvalue weighted by atomic mass is 16.5. The van der Waals surface area contributed by atoms with Gasteiger partial charge in [0.15, 0.2) is 5.96 Å². The van der Waals surface area contributed by atoms with Crippen LogP contribution in [0.4, 0.5) is 0 Å². The number of aliphatic imine (C=N–C) groups is 1. The predicted molar refractivity (Wildman–Crippen MR) is 95.7 cm³/mol. The summed E-state index contributed by atoms with van der Waals surface area (Å²) < 4.78 is 21.5. The van der Waals surface area contributed by atoms with Crippen LogP contribution in [-0.4, -0.2) is 78.4 Å². The summed E-state index contributed by atoms with van der Waals surface area (Å²) in [6, 6.07) is 0. The normalized spacial score (nSPS) is 16.3. The molecule has 1 fully saturated rings. The molecule has 142 valence electrons. The van der Waals surface area contributed by atoms with Crippen molar-refractivity contribution >= 4 is 5.96 Å². The molecule has 7 nitrogen and oxygen atoms in total. The van der Waals surface area contributed by atoms with E-state index in [9.17, 15) is 0 Å². The lowest BCUT2D eigenvalue weighted by molar-refractivity contribution is -0.0320. The van der Waals surface area contributed by atoms with Gasteiger partial charge in [-0.05, 0) is 32.6 Å². The zero-order chi connectivity index (χ0) is 17.3. The van der Waals surface area contributed by atoms with E-state index in [1.807, 2.05) is 0 Å². The van der Waals surface area contributed by atoms with E-state index >= 15 is 0 Å². The van der Waals surface area contributed by atoms with E-state index in [-0.39, 0.29) is 0 Å². The van der Waals surface area contributed by atoms with Crippen LogP contribution in [-0.2, 0) is 18.9 Å². The molecule has 1 rings (SSSR count). The average Bonchev–Trinajstić information content (AvgIpc) is 2.61. The molecule has 1 aliphatic heterocycles. The van der Waals surface area contributed by atoms with E-state index in [1.54, 1.807) is 7.11 Å². The fourth-order valence-corrected chi connectivity index (χ4v) is 2.32. The first-order valence-corrected chi connectivity index (χ1v) is 9.15. The maximum Gasteiger partial charge on any atom is 0.191 e. The minimum Gasteiger partial charge on any atom is -0.382 e. The van der Waals surface area contributed by atoms with E-state index in [0.717, 1.165) is 71.1 Å². The van der Waals surface area contributed by atoms with Crippen LogP contribution in [0.3, 0.4) is 0 Å². The molecular weight excluding hydrogens is 310 g/mol. The molecule has 0 atom stereocenters. The van der Waals surface area contributed by atoms with Crippen LogP contribution in [0.25, 0.3) is 0 Å². The highest BCUT2D eigenvalue weighted by Crippen LogP contribution is 2.10. The third-order valence-electron chi connectivity index (χ3n) is 3.63. The quantitative estimate of drug-likeness (QED) is 0.297. The summed E-state index contributed by atoms with van der Waals surface area (Å²) in [6.07, 6.45) is 4.29. The van der Waals surface area contributed by atoms with Crippen molar-refractivity contribution in [2.45, 2.75) is 38.7 Å². The number of guanidine groups is 1. The van der Waals surface area contributed by atoms with E-state index in [4.69, 9.17) is 18.9 Å². The molecule has 0 spiro atoms. The maximum atomic E-state index is 5.86. The fourth-order valence-electron chi connectivity index (χ4n) is 2.32. The van der Waals surface area contributed by atoms with Crippen molar-refractivity contribution < 1.29 is 18.9 Å². The molecular formula is C17H35N3O4. The van der Waals surface area contributed by atoms with Crippen molar-refractivity contribution in [3.05, 3.63) is 0 Å². The predicted octanol–water partition coefficient (Wildman–Crippen LogP) is 1.18. The van der Waals surface area contributed by atoms with Crippen molar-refractivity contribution in [2.24, 2.45) is 4.99 Å². The minimum absolute atomic E-state index is 0.374. The highest BCUT2D eigenvalue weighted by molar-refractivity contribution is 5.79. The lowest BCUT2D eigenvalue weighted by atomic mass is 10.1. The fraction of sp³-hybridized carbons (Fsp3) is 0.941. The molecule has 1 aliphatic rings. The van der Waals surface area contributed by atoms with Crippen molar-refractivity contribution in [3.8, 4) is 0 Å². The molecule has 7 heteroatoms. The second-order valence-corrected chi connectivity index (χ2v) is 5.68. The van der Waals surface area contributed by atoms with Crippen molar-refractivity contribution in [1.29, 1.82) is 0 Å². The van der Waals surface area contributed by atoms with Gasteiger partial charge >= 0.3 is 0 Å². The molecule has 0 amide bonds. The van der Waals surface area contributed by atoms with Crippen LogP contribution in [0.5, 0.6) is 0 Å². The zero-order valence-electron chi connectivity index (χ0n) is 15.3. The first kappa shape index (κ1) is 21.2. The SMILES string of the molecule is CCNC(=NCCCOCCOC)NCCCOC1CCOCC1. The molecule has 0 unspecified atom stereocenters. The zero-order valence-corrected chi connectivity index (χ0v) is 15.3. The Balaban J connectivity index is 2.03. The highest BCUT2D eigenvalue weighted by Gasteiger charge is 2.13. The van der Waals surface area contributed by atoms with Gasteiger partial charge in [0.2, 0.25) is 0 Å². The number of rotatable bonds is 13. The monoisotopic (exact) mass is 345 g/mol. The molecule has 0 saturated carbocycles. The first-order chi connectivity index (χ1) is 11.9. The van der Waals surface area contributed by atoms with E-state index in [1.165, 1.54) is 0 Å². The molecule has 0 aromatic rings. The third-order valence-corrected chi connectivity index (χ3v) is 3.63. The summed E-state index contributed by atoms with van der Waals surface area (Å²) >= 11 is 0. The topological polar surface area (TPSA) is 73.3 Å². The van der Waals surface area contributed by atoms with Gasteiger partial charge in [-0.3, -0.25) is 4.99 Å². The second kappa shape index (κ2) is 15.6. The Morgan fingerprint density at radius 1 is 1.08 bits per heavy atom. The van der Waals surface area contributed by atoms with Crippen LogP contribution in [0, 0.1) is 0 Å². The molecule has 24 heavy (non-hydrogen) atoms. The van der Waals surface area contributed by atoms with Gasteiger partial charge in [-0.1, -0.05) is 0 Å². The number of hydrogen-bond donors (Lipinski definition) is 2. The Kier molecular flexibility index (Phi) is 13.8. The summed E-state index contributed by atoms with van der Waals surface area (Å²) in [5, 5.41) is 6.60. The standard InChI is InChI=1S/C17H35N3O4/c1-3-18-17(19-8-4-10-22-15-14-21-2)20-9-5-11-24-16-6-12-23-13-7-16/h16H,3-15H2,1-2H3,(H2,18,19,20). The van der Waals surface area contributed by atoms with Crippen LogP contribution >= 0.6 is 0 Å².